The van der Waals surface area contributed by atoms with Crippen molar-refractivity contribution in [2.24, 2.45) is 7.05 Å². The largest absolute Gasteiger partial charge is 0.335 e. The summed E-state index contributed by atoms with van der Waals surface area (Å²) in [4.78, 5) is 16.1. The summed E-state index contributed by atoms with van der Waals surface area (Å²) in [5, 5.41) is 9.89. The van der Waals surface area contributed by atoms with Gasteiger partial charge in [-0.2, -0.15) is 5.10 Å². The number of nitrogens with zero attached hydrogens (tertiary/aromatic N) is 3. The van der Waals surface area contributed by atoms with Crippen LogP contribution in [0.15, 0.2) is 24.5 Å². The molecule has 2 aromatic rings. The Morgan fingerprint density at radius 1 is 1.31 bits per heavy atom. The van der Waals surface area contributed by atoms with E-state index in [4.69, 9.17) is 0 Å². The molecule has 2 N–H and O–H groups in total. The average molecular weight is 215 g/mol. The number of carbonyl (C=O) groups excluding carboxylic acids is 1. The molecule has 0 aliphatic carbocycles. The van der Waals surface area contributed by atoms with Crippen LogP contribution in [0.25, 0.3) is 0 Å². The zero-order valence-corrected chi connectivity index (χ0v) is 8.56. The topological polar surface area (TPSA) is 71.8 Å². The molecule has 3 heterocycles. The molecule has 3 rings (SSSR count). The van der Waals surface area contributed by atoms with E-state index in [9.17, 15) is 4.79 Å². The van der Waals surface area contributed by atoms with Gasteiger partial charge in [0, 0.05) is 13.2 Å². The number of hydrogen-bond acceptors (Lipinski definition) is 4. The highest BCUT2D eigenvalue weighted by molar-refractivity contribution is 6.10. The number of hydrogen-bond donors (Lipinski definition) is 2. The van der Waals surface area contributed by atoms with Gasteiger partial charge in [-0.3, -0.25) is 9.48 Å². The number of aromatic nitrogens is 3. The number of rotatable bonds is 0. The van der Waals surface area contributed by atoms with Gasteiger partial charge in [-0.05, 0) is 12.1 Å². The molecule has 0 saturated carbocycles. The number of anilines is 3. The lowest BCUT2D eigenvalue weighted by molar-refractivity contribution is 0.101. The van der Waals surface area contributed by atoms with Crippen LogP contribution in [0.3, 0.4) is 0 Å². The lowest BCUT2D eigenvalue weighted by Crippen LogP contribution is -2.15. The van der Waals surface area contributed by atoms with Gasteiger partial charge >= 0.3 is 0 Å². The van der Waals surface area contributed by atoms with Crippen LogP contribution in [0.4, 0.5) is 17.2 Å². The maximum Gasteiger partial charge on any atom is 0.276 e. The second kappa shape index (κ2) is 3.06. The van der Waals surface area contributed by atoms with Gasteiger partial charge in [0.1, 0.15) is 5.69 Å². The fraction of sp³-hybridized carbons (Fsp3) is 0.100. The second-order valence-electron chi connectivity index (χ2n) is 3.51. The molecule has 16 heavy (non-hydrogen) atoms. The van der Waals surface area contributed by atoms with Gasteiger partial charge in [0.15, 0.2) is 5.82 Å². The third kappa shape index (κ3) is 1.16. The number of amides is 1. The Kier molecular flexibility index (Phi) is 1.70. The minimum atomic E-state index is -0.186. The monoisotopic (exact) mass is 215 g/mol. The Balaban J connectivity index is 2.19. The Bertz CT molecular complexity index is 574. The third-order valence-electron chi connectivity index (χ3n) is 2.46. The highest BCUT2D eigenvalue weighted by Crippen LogP contribution is 2.29. The first-order valence-corrected chi connectivity index (χ1v) is 4.81. The number of fused-ring (bicyclic) bond motifs is 2. The van der Waals surface area contributed by atoms with Gasteiger partial charge in [-0.25, -0.2) is 4.98 Å². The normalized spacial score (nSPS) is 13.2. The van der Waals surface area contributed by atoms with Gasteiger partial charge in [-0.15, -0.1) is 0 Å². The molecule has 1 aliphatic rings. The summed E-state index contributed by atoms with van der Waals surface area (Å²) in [6.07, 6.45) is 3.28. The van der Waals surface area contributed by atoms with Gasteiger partial charge in [-0.1, -0.05) is 0 Å². The van der Waals surface area contributed by atoms with Crippen LogP contribution >= 0.6 is 0 Å². The molecule has 0 saturated heterocycles. The van der Waals surface area contributed by atoms with Crippen LogP contribution in [-0.2, 0) is 7.05 Å². The van der Waals surface area contributed by atoms with Crippen LogP contribution < -0.4 is 10.6 Å². The van der Waals surface area contributed by atoms with Crippen molar-refractivity contribution in [3.63, 3.8) is 0 Å². The molecule has 0 spiro atoms. The SMILES string of the molecule is Cn1ncc2c1C(=O)Nc1cccnc1N2. The minimum absolute atomic E-state index is 0.186. The molecule has 0 atom stereocenters. The Hall–Kier alpha value is -2.37. The smallest absolute Gasteiger partial charge is 0.276 e. The predicted octanol–water partition coefficient (Wildman–Crippen LogP) is 1.12. The van der Waals surface area contributed by atoms with E-state index < -0.39 is 0 Å². The van der Waals surface area contributed by atoms with Crippen molar-refractivity contribution in [1.82, 2.24) is 14.8 Å². The first-order valence-electron chi connectivity index (χ1n) is 4.81. The lowest BCUT2D eigenvalue weighted by atomic mass is 10.3. The molecule has 2 aromatic heterocycles. The Labute approximate surface area is 91.3 Å². The maximum atomic E-state index is 11.9. The molecule has 0 bridgehead atoms. The van der Waals surface area contributed by atoms with Crippen molar-refractivity contribution < 1.29 is 4.79 Å². The molecule has 0 radical (unpaired) electrons. The predicted molar refractivity (Wildman–Crippen MR) is 58.7 cm³/mol. The molecule has 1 amide bonds. The summed E-state index contributed by atoms with van der Waals surface area (Å²) in [7, 11) is 1.73. The van der Waals surface area contributed by atoms with E-state index in [1.165, 1.54) is 4.68 Å². The fourth-order valence-corrected chi connectivity index (χ4v) is 1.71. The third-order valence-corrected chi connectivity index (χ3v) is 2.46. The van der Waals surface area contributed by atoms with E-state index in [0.717, 1.165) is 0 Å². The van der Waals surface area contributed by atoms with E-state index in [0.29, 0.717) is 22.9 Å². The first-order chi connectivity index (χ1) is 7.75. The maximum absolute atomic E-state index is 11.9. The van der Waals surface area contributed by atoms with Crippen LogP contribution in [0.2, 0.25) is 0 Å². The van der Waals surface area contributed by atoms with E-state index in [-0.39, 0.29) is 5.91 Å². The van der Waals surface area contributed by atoms with Gasteiger partial charge in [0.2, 0.25) is 0 Å². The molecular formula is C10H9N5O. The summed E-state index contributed by atoms with van der Waals surface area (Å²) < 4.78 is 1.53. The fourth-order valence-electron chi connectivity index (χ4n) is 1.71. The van der Waals surface area contributed by atoms with Crippen LogP contribution in [0, 0.1) is 0 Å². The Morgan fingerprint density at radius 3 is 3.06 bits per heavy atom. The number of pyridine rings is 1. The summed E-state index contributed by atoms with van der Waals surface area (Å²) in [6, 6.07) is 3.57. The lowest BCUT2D eigenvalue weighted by Gasteiger charge is -2.04. The second-order valence-corrected chi connectivity index (χ2v) is 3.51. The standard InChI is InChI=1S/C10H9N5O/c1-15-8-7(5-12-15)13-9-6(14-10(8)16)3-2-4-11-9/h2-5H,1H3,(H,11,13)(H,14,16). The zero-order valence-electron chi connectivity index (χ0n) is 8.56. The van der Waals surface area contributed by atoms with Crippen molar-refractivity contribution >= 4 is 23.1 Å². The van der Waals surface area contributed by atoms with Crippen molar-refractivity contribution in [2.75, 3.05) is 10.6 Å². The van der Waals surface area contributed by atoms with E-state index in [2.05, 4.69) is 20.7 Å². The Morgan fingerprint density at radius 2 is 2.19 bits per heavy atom. The van der Waals surface area contributed by atoms with E-state index >= 15 is 0 Å². The van der Waals surface area contributed by atoms with Crippen molar-refractivity contribution in [3.05, 3.63) is 30.2 Å². The number of nitrogens with one attached hydrogen (secondary N) is 2. The van der Waals surface area contributed by atoms with Crippen molar-refractivity contribution in [2.45, 2.75) is 0 Å². The van der Waals surface area contributed by atoms with Crippen molar-refractivity contribution in [3.8, 4) is 0 Å². The molecule has 6 nitrogen and oxygen atoms in total. The molecular weight excluding hydrogens is 206 g/mol. The van der Waals surface area contributed by atoms with Crippen LogP contribution in [0.1, 0.15) is 10.5 Å². The highest BCUT2D eigenvalue weighted by Gasteiger charge is 2.22. The van der Waals surface area contributed by atoms with Crippen LogP contribution in [-0.4, -0.2) is 20.7 Å². The molecule has 0 fully saturated rings. The molecule has 0 aromatic carbocycles. The van der Waals surface area contributed by atoms with Crippen molar-refractivity contribution in [1.29, 1.82) is 0 Å². The van der Waals surface area contributed by atoms with Crippen LogP contribution in [0.5, 0.6) is 0 Å². The number of aryl methyl sites for hydroxylation is 1. The van der Waals surface area contributed by atoms with Gasteiger partial charge < -0.3 is 10.6 Å². The first kappa shape index (κ1) is 8.90. The summed E-state index contributed by atoms with van der Waals surface area (Å²) in [5.41, 5.74) is 1.83. The molecule has 1 aliphatic heterocycles. The molecule has 6 heteroatoms. The average Bonchev–Trinajstić information content (AvgIpc) is 2.56. The zero-order chi connectivity index (χ0) is 11.1. The van der Waals surface area contributed by atoms with Gasteiger partial charge in [0.25, 0.3) is 5.91 Å². The van der Waals surface area contributed by atoms with Gasteiger partial charge in [0.05, 0.1) is 17.6 Å². The van der Waals surface area contributed by atoms with E-state index in [1.807, 2.05) is 0 Å². The highest BCUT2D eigenvalue weighted by atomic mass is 16.2. The number of carbonyl (C=O) groups is 1. The molecule has 0 unspecified atom stereocenters. The summed E-state index contributed by atoms with van der Waals surface area (Å²) in [6.45, 7) is 0. The minimum Gasteiger partial charge on any atom is -0.335 e. The van der Waals surface area contributed by atoms with E-state index in [1.54, 1.807) is 31.6 Å². The quantitative estimate of drug-likeness (QED) is 0.690. The molecule has 80 valence electrons. The summed E-state index contributed by atoms with van der Waals surface area (Å²) in [5.74, 6) is 0.442. The summed E-state index contributed by atoms with van der Waals surface area (Å²) >= 11 is 0.